The molecule has 0 aromatic heterocycles. The highest BCUT2D eigenvalue weighted by atomic mass is 16.2. The van der Waals surface area contributed by atoms with Crippen molar-refractivity contribution in [3.05, 3.63) is 71.8 Å². The molecule has 1 aliphatic heterocycles. The first kappa shape index (κ1) is 16.2. The average molecular weight is 334 g/mol. The minimum atomic E-state index is 0.0548. The van der Waals surface area contributed by atoms with Gasteiger partial charge in [-0.3, -0.25) is 0 Å². The summed E-state index contributed by atoms with van der Waals surface area (Å²) in [7, 11) is 0. The standard InChI is InChI=1S/C22H26N2O/c1-22(18-11-6-3-7-12-18)13-8-14-24(16-22)21(25)23-20-15-19(20)17-9-4-2-5-10-17/h2-7,9-12,19-20H,8,13-16H2,1H3,(H,23,25)/t19-,20+,22?/m1/s1. The summed E-state index contributed by atoms with van der Waals surface area (Å²) < 4.78 is 0. The Morgan fingerprint density at radius 1 is 1.08 bits per heavy atom. The van der Waals surface area contributed by atoms with Gasteiger partial charge in [-0.1, -0.05) is 67.6 Å². The van der Waals surface area contributed by atoms with Crippen LogP contribution in [0.5, 0.6) is 0 Å². The van der Waals surface area contributed by atoms with E-state index in [1.807, 2.05) is 11.0 Å². The van der Waals surface area contributed by atoms with E-state index in [4.69, 9.17) is 0 Å². The highest BCUT2D eigenvalue weighted by Crippen LogP contribution is 2.41. The molecule has 1 saturated carbocycles. The van der Waals surface area contributed by atoms with Crippen LogP contribution in [0, 0.1) is 0 Å². The molecule has 3 atom stereocenters. The third kappa shape index (κ3) is 3.41. The number of nitrogens with one attached hydrogen (secondary N) is 1. The topological polar surface area (TPSA) is 32.3 Å². The number of carbonyl (C=O) groups is 1. The van der Waals surface area contributed by atoms with Crippen molar-refractivity contribution in [2.24, 2.45) is 0 Å². The maximum Gasteiger partial charge on any atom is 0.317 e. The molecular formula is C22H26N2O. The van der Waals surface area contributed by atoms with Gasteiger partial charge < -0.3 is 10.2 Å². The van der Waals surface area contributed by atoms with Crippen LogP contribution >= 0.6 is 0 Å². The molecule has 0 radical (unpaired) electrons. The number of urea groups is 1. The van der Waals surface area contributed by atoms with Crippen molar-refractivity contribution in [3.63, 3.8) is 0 Å². The molecule has 2 aromatic rings. The largest absolute Gasteiger partial charge is 0.335 e. The van der Waals surface area contributed by atoms with Crippen LogP contribution in [-0.2, 0) is 5.41 Å². The minimum Gasteiger partial charge on any atom is -0.335 e. The van der Waals surface area contributed by atoms with E-state index in [0.29, 0.717) is 12.0 Å². The van der Waals surface area contributed by atoms with Crippen molar-refractivity contribution in [2.45, 2.75) is 43.6 Å². The highest BCUT2D eigenvalue weighted by molar-refractivity contribution is 5.75. The molecule has 1 heterocycles. The number of nitrogens with zero attached hydrogens (tertiary/aromatic N) is 1. The lowest BCUT2D eigenvalue weighted by molar-refractivity contribution is 0.155. The molecule has 0 bridgehead atoms. The molecule has 2 aliphatic rings. The third-order valence-corrected chi connectivity index (χ3v) is 5.78. The van der Waals surface area contributed by atoms with E-state index in [1.54, 1.807) is 0 Å². The number of carbonyl (C=O) groups excluding carboxylic acids is 1. The van der Waals surface area contributed by atoms with E-state index in [-0.39, 0.29) is 11.4 Å². The number of hydrogen-bond acceptors (Lipinski definition) is 1. The number of benzene rings is 2. The number of amides is 2. The molecule has 2 fully saturated rings. The lowest BCUT2D eigenvalue weighted by Gasteiger charge is -2.41. The zero-order valence-electron chi connectivity index (χ0n) is 14.8. The van der Waals surface area contributed by atoms with Crippen molar-refractivity contribution >= 4 is 6.03 Å². The highest BCUT2D eigenvalue weighted by Gasteiger charge is 2.41. The normalized spacial score (nSPS) is 28.4. The van der Waals surface area contributed by atoms with Crippen LogP contribution in [-0.4, -0.2) is 30.1 Å². The average Bonchev–Trinajstić information content (AvgIpc) is 3.42. The van der Waals surface area contributed by atoms with E-state index in [1.165, 1.54) is 11.1 Å². The molecule has 130 valence electrons. The fraction of sp³-hybridized carbons (Fsp3) is 0.409. The van der Waals surface area contributed by atoms with Gasteiger partial charge in [0.2, 0.25) is 0 Å². The Hall–Kier alpha value is -2.29. The smallest absolute Gasteiger partial charge is 0.317 e. The van der Waals surface area contributed by atoms with E-state index in [9.17, 15) is 4.79 Å². The molecule has 1 N–H and O–H groups in total. The zero-order valence-corrected chi connectivity index (χ0v) is 14.8. The summed E-state index contributed by atoms with van der Waals surface area (Å²) in [6, 6.07) is 21.5. The fourth-order valence-electron chi connectivity index (χ4n) is 4.16. The Balaban J connectivity index is 1.38. The summed E-state index contributed by atoms with van der Waals surface area (Å²) in [5.74, 6) is 0.482. The number of rotatable bonds is 3. The Morgan fingerprint density at radius 3 is 2.48 bits per heavy atom. The minimum absolute atomic E-state index is 0.0548. The van der Waals surface area contributed by atoms with Gasteiger partial charge >= 0.3 is 6.03 Å². The Morgan fingerprint density at radius 2 is 1.76 bits per heavy atom. The SMILES string of the molecule is CC1(c2ccccc2)CCCN(C(=O)N[C@H]2C[C@@H]2c2ccccc2)C1. The quantitative estimate of drug-likeness (QED) is 0.891. The predicted octanol–water partition coefficient (Wildman–Crippen LogP) is 4.31. The van der Waals surface area contributed by atoms with Gasteiger partial charge in [-0.25, -0.2) is 4.79 Å². The van der Waals surface area contributed by atoms with Gasteiger partial charge in [-0.2, -0.15) is 0 Å². The molecule has 4 rings (SSSR count). The van der Waals surface area contributed by atoms with Gasteiger partial charge in [0, 0.05) is 30.5 Å². The van der Waals surface area contributed by atoms with Crippen LogP contribution < -0.4 is 5.32 Å². The number of hydrogen-bond donors (Lipinski definition) is 1. The fourth-order valence-corrected chi connectivity index (χ4v) is 4.16. The summed E-state index contributed by atoms with van der Waals surface area (Å²) in [6.07, 6.45) is 3.25. The van der Waals surface area contributed by atoms with E-state index in [0.717, 1.165) is 32.4 Å². The van der Waals surface area contributed by atoms with Crippen molar-refractivity contribution in [1.29, 1.82) is 0 Å². The first-order chi connectivity index (χ1) is 12.2. The number of likely N-dealkylation sites (tertiary alicyclic amines) is 1. The van der Waals surface area contributed by atoms with Crippen LogP contribution in [0.25, 0.3) is 0 Å². The van der Waals surface area contributed by atoms with Crippen molar-refractivity contribution in [1.82, 2.24) is 10.2 Å². The Bertz CT molecular complexity index is 730. The second kappa shape index (κ2) is 6.55. The van der Waals surface area contributed by atoms with Crippen molar-refractivity contribution in [2.75, 3.05) is 13.1 Å². The second-order valence-corrected chi connectivity index (χ2v) is 7.76. The lowest BCUT2D eigenvalue weighted by atomic mass is 9.76. The van der Waals surface area contributed by atoms with E-state index >= 15 is 0 Å². The summed E-state index contributed by atoms with van der Waals surface area (Å²) in [4.78, 5) is 14.8. The van der Waals surface area contributed by atoms with Gasteiger partial charge in [0.1, 0.15) is 0 Å². The van der Waals surface area contributed by atoms with E-state index in [2.05, 4.69) is 66.8 Å². The molecule has 2 amide bonds. The molecule has 25 heavy (non-hydrogen) atoms. The van der Waals surface area contributed by atoms with Crippen LogP contribution in [0.3, 0.4) is 0 Å². The van der Waals surface area contributed by atoms with Gasteiger partial charge in [0.05, 0.1) is 0 Å². The van der Waals surface area contributed by atoms with Crippen LogP contribution in [0.1, 0.15) is 43.2 Å². The van der Waals surface area contributed by atoms with Crippen molar-refractivity contribution in [3.8, 4) is 0 Å². The molecule has 3 heteroatoms. The van der Waals surface area contributed by atoms with Gasteiger partial charge in [-0.05, 0) is 30.4 Å². The molecule has 1 aliphatic carbocycles. The zero-order chi connectivity index (χ0) is 17.3. The Labute approximate surface area is 150 Å². The number of piperidine rings is 1. The molecule has 0 spiro atoms. The first-order valence-corrected chi connectivity index (χ1v) is 9.32. The van der Waals surface area contributed by atoms with Gasteiger partial charge in [0.15, 0.2) is 0 Å². The van der Waals surface area contributed by atoms with Gasteiger partial charge in [-0.15, -0.1) is 0 Å². The third-order valence-electron chi connectivity index (χ3n) is 5.78. The summed E-state index contributed by atoms with van der Waals surface area (Å²) in [5.41, 5.74) is 2.72. The summed E-state index contributed by atoms with van der Waals surface area (Å²) >= 11 is 0. The maximum absolute atomic E-state index is 12.8. The molecule has 3 nitrogen and oxygen atoms in total. The Kier molecular flexibility index (Phi) is 4.24. The monoisotopic (exact) mass is 334 g/mol. The molecular weight excluding hydrogens is 308 g/mol. The maximum atomic E-state index is 12.8. The van der Waals surface area contributed by atoms with Crippen LogP contribution in [0.2, 0.25) is 0 Å². The van der Waals surface area contributed by atoms with Crippen LogP contribution in [0.15, 0.2) is 60.7 Å². The van der Waals surface area contributed by atoms with Crippen LogP contribution in [0.4, 0.5) is 4.79 Å². The molecule has 1 unspecified atom stereocenters. The summed E-state index contributed by atoms with van der Waals surface area (Å²) in [6.45, 7) is 3.94. The molecule has 2 aromatic carbocycles. The van der Waals surface area contributed by atoms with E-state index < -0.39 is 0 Å². The summed E-state index contributed by atoms with van der Waals surface area (Å²) in [5, 5.41) is 3.25. The van der Waals surface area contributed by atoms with Crippen molar-refractivity contribution < 1.29 is 4.79 Å². The van der Waals surface area contributed by atoms with Gasteiger partial charge in [0.25, 0.3) is 0 Å². The molecule has 1 saturated heterocycles. The predicted molar refractivity (Wildman–Crippen MR) is 101 cm³/mol. The first-order valence-electron chi connectivity index (χ1n) is 9.32. The lowest BCUT2D eigenvalue weighted by Crippen LogP contribution is -2.51. The second-order valence-electron chi connectivity index (χ2n) is 7.76.